The number of hydrogen-bond donors (Lipinski definition) is 0. The molecular formula is C11H11NO2. The van der Waals surface area contributed by atoms with Crippen LogP contribution in [-0.4, -0.2) is 24.1 Å². The molecular weight excluding hydrogens is 178 g/mol. The molecule has 1 aliphatic rings. The molecule has 14 heavy (non-hydrogen) atoms. The average molecular weight is 189 g/mol. The van der Waals surface area contributed by atoms with Crippen molar-refractivity contribution < 1.29 is 9.53 Å². The van der Waals surface area contributed by atoms with E-state index in [4.69, 9.17) is 4.74 Å². The van der Waals surface area contributed by atoms with Gasteiger partial charge in [0.05, 0.1) is 0 Å². The SMILES string of the molecule is C=C1CN(C(=O)Oc2ccccc2)C1. The van der Waals surface area contributed by atoms with Crippen LogP contribution in [0.25, 0.3) is 0 Å². The third-order valence-corrected chi connectivity index (χ3v) is 2.04. The summed E-state index contributed by atoms with van der Waals surface area (Å²) in [6.07, 6.45) is -0.302. The lowest BCUT2D eigenvalue weighted by Gasteiger charge is -2.31. The van der Waals surface area contributed by atoms with Gasteiger partial charge in [0.2, 0.25) is 0 Å². The second kappa shape index (κ2) is 3.54. The Morgan fingerprint density at radius 2 is 1.93 bits per heavy atom. The monoisotopic (exact) mass is 189 g/mol. The van der Waals surface area contributed by atoms with Gasteiger partial charge in [-0.15, -0.1) is 0 Å². The molecule has 0 radical (unpaired) electrons. The highest BCUT2D eigenvalue weighted by atomic mass is 16.6. The third kappa shape index (κ3) is 1.76. The summed E-state index contributed by atoms with van der Waals surface area (Å²) in [6.45, 7) is 4.98. The highest BCUT2D eigenvalue weighted by Gasteiger charge is 2.25. The van der Waals surface area contributed by atoms with E-state index in [0.717, 1.165) is 5.57 Å². The maximum Gasteiger partial charge on any atom is 0.415 e. The van der Waals surface area contributed by atoms with Crippen LogP contribution in [0.4, 0.5) is 4.79 Å². The standard InChI is InChI=1S/C11H11NO2/c1-9-7-12(8-9)11(13)14-10-5-3-2-4-6-10/h2-6H,1,7-8H2. The maximum absolute atomic E-state index is 11.4. The summed E-state index contributed by atoms with van der Waals surface area (Å²) < 4.78 is 5.11. The van der Waals surface area contributed by atoms with Gasteiger partial charge in [-0.05, 0) is 17.7 Å². The summed E-state index contributed by atoms with van der Waals surface area (Å²) in [4.78, 5) is 13.0. The molecule has 3 nitrogen and oxygen atoms in total. The first-order valence-corrected chi connectivity index (χ1v) is 4.44. The van der Waals surface area contributed by atoms with Gasteiger partial charge in [0.1, 0.15) is 5.75 Å². The lowest BCUT2D eigenvalue weighted by atomic mass is 10.1. The second-order valence-electron chi connectivity index (χ2n) is 3.29. The van der Waals surface area contributed by atoms with E-state index in [0.29, 0.717) is 18.8 Å². The van der Waals surface area contributed by atoms with Gasteiger partial charge in [-0.3, -0.25) is 4.90 Å². The van der Waals surface area contributed by atoms with Crippen LogP contribution >= 0.6 is 0 Å². The normalized spacial score (nSPS) is 14.9. The number of amides is 1. The number of likely N-dealkylation sites (tertiary alicyclic amines) is 1. The smallest absolute Gasteiger partial charge is 0.410 e. The minimum absolute atomic E-state index is 0.302. The van der Waals surface area contributed by atoms with E-state index in [1.165, 1.54) is 0 Å². The summed E-state index contributed by atoms with van der Waals surface area (Å²) in [5, 5.41) is 0. The van der Waals surface area contributed by atoms with Crippen LogP contribution in [-0.2, 0) is 0 Å². The fourth-order valence-electron chi connectivity index (χ4n) is 1.28. The summed E-state index contributed by atoms with van der Waals surface area (Å²) >= 11 is 0. The first-order chi connectivity index (χ1) is 6.75. The van der Waals surface area contributed by atoms with Crippen molar-refractivity contribution in [3.8, 4) is 5.75 Å². The first-order valence-electron chi connectivity index (χ1n) is 4.44. The van der Waals surface area contributed by atoms with E-state index in [2.05, 4.69) is 6.58 Å². The van der Waals surface area contributed by atoms with Crippen LogP contribution in [0.15, 0.2) is 42.5 Å². The van der Waals surface area contributed by atoms with Gasteiger partial charge in [-0.2, -0.15) is 0 Å². The molecule has 0 N–H and O–H groups in total. The second-order valence-corrected chi connectivity index (χ2v) is 3.29. The fraction of sp³-hybridized carbons (Fsp3) is 0.182. The lowest BCUT2D eigenvalue weighted by Crippen LogP contribution is -2.45. The van der Waals surface area contributed by atoms with Gasteiger partial charge >= 0.3 is 6.09 Å². The molecule has 0 aromatic heterocycles. The Labute approximate surface area is 82.6 Å². The Morgan fingerprint density at radius 1 is 1.29 bits per heavy atom. The highest BCUT2D eigenvalue weighted by molar-refractivity contribution is 5.72. The molecule has 1 saturated heterocycles. The summed E-state index contributed by atoms with van der Waals surface area (Å²) in [6, 6.07) is 9.05. The van der Waals surface area contributed by atoms with Crippen LogP contribution < -0.4 is 4.74 Å². The van der Waals surface area contributed by atoms with E-state index in [9.17, 15) is 4.79 Å². The predicted octanol–water partition coefficient (Wildman–Crippen LogP) is 2.06. The Morgan fingerprint density at radius 3 is 2.50 bits per heavy atom. The maximum atomic E-state index is 11.4. The summed E-state index contributed by atoms with van der Waals surface area (Å²) in [7, 11) is 0. The number of carbonyl (C=O) groups is 1. The summed E-state index contributed by atoms with van der Waals surface area (Å²) in [5.74, 6) is 0.579. The van der Waals surface area contributed by atoms with Gasteiger partial charge in [-0.25, -0.2) is 4.79 Å². The zero-order valence-electron chi connectivity index (χ0n) is 7.77. The van der Waals surface area contributed by atoms with Crippen LogP contribution in [0.3, 0.4) is 0 Å². The molecule has 1 fully saturated rings. The molecule has 0 unspecified atom stereocenters. The Balaban J connectivity index is 1.92. The first kappa shape index (κ1) is 8.81. The van der Waals surface area contributed by atoms with Gasteiger partial charge in [-0.1, -0.05) is 24.8 Å². The van der Waals surface area contributed by atoms with Crippen LogP contribution in [0, 0.1) is 0 Å². The predicted molar refractivity (Wildman–Crippen MR) is 53.2 cm³/mol. The van der Waals surface area contributed by atoms with Gasteiger partial charge < -0.3 is 4.74 Å². The number of nitrogens with zero attached hydrogens (tertiary/aromatic N) is 1. The average Bonchev–Trinajstić information content (AvgIpc) is 2.14. The van der Waals surface area contributed by atoms with Gasteiger partial charge in [0.25, 0.3) is 0 Å². The molecule has 0 saturated carbocycles. The molecule has 0 bridgehead atoms. The van der Waals surface area contributed by atoms with Crippen LogP contribution in [0.1, 0.15) is 0 Å². The largest absolute Gasteiger partial charge is 0.415 e. The number of ether oxygens (including phenoxy) is 1. The summed E-state index contributed by atoms with van der Waals surface area (Å²) in [5.41, 5.74) is 1.06. The van der Waals surface area contributed by atoms with Crippen molar-refractivity contribution in [3.63, 3.8) is 0 Å². The Bertz CT molecular complexity index is 351. The number of benzene rings is 1. The number of para-hydroxylation sites is 1. The van der Waals surface area contributed by atoms with Crippen molar-refractivity contribution in [2.24, 2.45) is 0 Å². The van der Waals surface area contributed by atoms with Crippen molar-refractivity contribution in [2.45, 2.75) is 0 Å². The molecule has 1 amide bonds. The molecule has 72 valence electrons. The topological polar surface area (TPSA) is 29.5 Å². The van der Waals surface area contributed by atoms with E-state index in [1.807, 2.05) is 18.2 Å². The van der Waals surface area contributed by atoms with E-state index >= 15 is 0 Å². The van der Waals surface area contributed by atoms with Gasteiger partial charge in [0, 0.05) is 13.1 Å². The van der Waals surface area contributed by atoms with Crippen molar-refractivity contribution in [1.29, 1.82) is 0 Å². The number of carbonyl (C=O) groups excluding carboxylic acids is 1. The molecule has 1 aromatic carbocycles. The van der Waals surface area contributed by atoms with Crippen molar-refractivity contribution >= 4 is 6.09 Å². The van der Waals surface area contributed by atoms with E-state index in [1.54, 1.807) is 17.0 Å². The van der Waals surface area contributed by atoms with Gasteiger partial charge in [0.15, 0.2) is 0 Å². The number of hydrogen-bond acceptors (Lipinski definition) is 2. The zero-order valence-corrected chi connectivity index (χ0v) is 7.77. The molecule has 3 heteroatoms. The van der Waals surface area contributed by atoms with Crippen molar-refractivity contribution in [3.05, 3.63) is 42.5 Å². The molecule has 1 heterocycles. The van der Waals surface area contributed by atoms with Crippen LogP contribution in [0.2, 0.25) is 0 Å². The highest BCUT2D eigenvalue weighted by Crippen LogP contribution is 2.16. The van der Waals surface area contributed by atoms with Crippen molar-refractivity contribution in [1.82, 2.24) is 4.90 Å². The van der Waals surface area contributed by atoms with Crippen molar-refractivity contribution in [2.75, 3.05) is 13.1 Å². The Kier molecular flexibility index (Phi) is 2.23. The molecule has 1 aliphatic heterocycles. The minimum Gasteiger partial charge on any atom is -0.410 e. The molecule has 0 spiro atoms. The molecule has 2 rings (SSSR count). The van der Waals surface area contributed by atoms with Crippen LogP contribution in [0.5, 0.6) is 5.75 Å². The van der Waals surface area contributed by atoms with E-state index in [-0.39, 0.29) is 6.09 Å². The lowest BCUT2D eigenvalue weighted by molar-refractivity contribution is 0.145. The van der Waals surface area contributed by atoms with E-state index < -0.39 is 0 Å². The molecule has 0 aliphatic carbocycles. The Hall–Kier alpha value is -1.77. The minimum atomic E-state index is -0.302. The third-order valence-electron chi connectivity index (χ3n) is 2.04. The molecule has 1 aromatic rings. The fourth-order valence-corrected chi connectivity index (χ4v) is 1.28. The number of rotatable bonds is 1. The quantitative estimate of drug-likeness (QED) is 0.633. The molecule has 0 atom stereocenters. The zero-order chi connectivity index (χ0) is 9.97.